The maximum atomic E-state index is 11.1. The zero-order chi connectivity index (χ0) is 10.6. The van der Waals surface area contributed by atoms with Gasteiger partial charge in [-0.05, 0) is 20.3 Å². The summed E-state index contributed by atoms with van der Waals surface area (Å²) in [5.74, 6) is 0. The quantitative estimate of drug-likeness (QED) is 0.676. The number of carbonyl (C=O) groups excluding carboxylic acids is 1. The Labute approximate surface area is 83.4 Å². The van der Waals surface area contributed by atoms with Crippen LogP contribution in [0, 0.1) is 0 Å². The second kappa shape index (κ2) is 4.61. The largest absolute Gasteiger partial charge is 0.450 e. The molecule has 0 saturated carbocycles. The topological polar surface area (TPSA) is 67.8 Å². The Hall–Kier alpha value is -0.810. The van der Waals surface area contributed by atoms with E-state index in [1.807, 2.05) is 0 Å². The summed E-state index contributed by atoms with van der Waals surface area (Å²) < 4.78 is 9.85. The summed E-state index contributed by atoms with van der Waals surface area (Å²) in [6.45, 7) is 4.50. The molecule has 1 saturated heterocycles. The summed E-state index contributed by atoms with van der Waals surface area (Å²) in [5, 5.41) is 12.5. The minimum absolute atomic E-state index is 0.240. The van der Waals surface area contributed by atoms with E-state index >= 15 is 0 Å². The molecule has 82 valence electrons. The van der Waals surface area contributed by atoms with Crippen molar-refractivity contribution < 1.29 is 19.4 Å². The van der Waals surface area contributed by atoms with Crippen molar-refractivity contribution in [1.29, 1.82) is 0 Å². The van der Waals surface area contributed by atoms with Crippen LogP contribution in [0.2, 0.25) is 0 Å². The van der Waals surface area contributed by atoms with Crippen LogP contribution in [0.4, 0.5) is 4.79 Å². The van der Waals surface area contributed by atoms with Gasteiger partial charge in [0.25, 0.3) is 0 Å². The highest BCUT2D eigenvalue weighted by atomic mass is 16.5. The fraction of sp³-hybridized carbons (Fsp3) is 0.889. The minimum atomic E-state index is -1.01. The van der Waals surface area contributed by atoms with Gasteiger partial charge in [0.05, 0.1) is 19.3 Å². The number of ether oxygens (including phenoxy) is 2. The molecule has 0 aliphatic carbocycles. The average molecular weight is 203 g/mol. The second-order valence-electron chi connectivity index (χ2n) is 3.62. The molecular weight excluding hydrogens is 186 g/mol. The molecule has 14 heavy (non-hydrogen) atoms. The number of alkyl carbamates (subject to hydrolysis) is 1. The maximum Gasteiger partial charge on any atom is 0.407 e. The standard InChI is InChI=1S/C9H17NO4/c1-3-14-8(11)10-7-4-5-13-6-9(7,2)12/h7,12H,3-6H2,1-2H3,(H,10,11)/t7-,9-/m0/s1. The van der Waals surface area contributed by atoms with Crippen molar-refractivity contribution in [3.8, 4) is 0 Å². The Morgan fingerprint density at radius 3 is 3.07 bits per heavy atom. The SMILES string of the molecule is CCOC(=O)N[C@H]1CCOC[C@]1(C)O. The van der Waals surface area contributed by atoms with Gasteiger partial charge in [-0.15, -0.1) is 0 Å². The summed E-state index contributed by atoms with van der Waals surface area (Å²) in [4.78, 5) is 11.1. The fourth-order valence-electron chi connectivity index (χ4n) is 1.43. The molecule has 0 radical (unpaired) electrons. The third-order valence-electron chi connectivity index (χ3n) is 2.26. The molecule has 0 aromatic heterocycles. The highest BCUT2D eigenvalue weighted by Gasteiger charge is 2.36. The van der Waals surface area contributed by atoms with Crippen molar-refractivity contribution in [2.75, 3.05) is 19.8 Å². The minimum Gasteiger partial charge on any atom is -0.450 e. The van der Waals surface area contributed by atoms with Gasteiger partial charge in [-0.3, -0.25) is 0 Å². The molecule has 0 aromatic carbocycles. The van der Waals surface area contributed by atoms with Crippen molar-refractivity contribution in [2.45, 2.75) is 31.9 Å². The molecule has 2 N–H and O–H groups in total. The summed E-state index contributed by atoms with van der Waals surface area (Å²) in [6.07, 6.45) is 0.117. The first-order valence-electron chi connectivity index (χ1n) is 4.79. The van der Waals surface area contributed by atoms with Crippen LogP contribution in [0.25, 0.3) is 0 Å². The van der Waals surface area contributed by atoms with Crippen LogP contribution < -0.4 is 5.32 Å². The normalized spacial score (nSPS) is 32.4. The predicted octanol–water partition coefficient (Wildman–Crippen LogP) is 0.272. The van der Waals surface area contributed by atoms with Crippen LogP contribution in [0.3, 0.4) is 0 Å². The highest BCUT2D eigenvalue weighted by molar-refractivity contribution is 5.67. The molecule has 0 spiro atoms. The van der Waals surface area contributed by atoms with E-state index in [1.54, 1.807) is 13.8 Å². The van der Waals surface area contributed by atoms with Crippen molar-refractivity contribution in [3.05, 3.63) is 0 Å². The van der Waals surface area contributed by atoms with Gasteiger partial charge in [-0.1, -0.05) is 0 Å². The smallest absolute Gasteiger partial charge is 0.407 e. The summed E-state index contributed by atoms with van der Waals surface area (Å²) >= 11 is 0. The van der Waals surface area contributed by atoms with Gasteiger partial charge in [-0.25, -0.2) is 4.79 Å². The number of hydrogen-bond acceptors (Lipinski definition) is 4. The van der Waals surface area contributed by atoms with E-state index in [2.05, 4.69) is 5.32 Å². The number of hydrogen-bond donors (Lipinski definition) is 2. The van der Waals surface area contributed by atoms with Crippen molar-refractivity contribution in [2.24, 2.45) is 0 Å². The van der Waals surface area contributed by atoms with Crippen LogP contribution in [0.15, 0.2) is 0 Å². The van der Waals surface area contributed by atoms with E-state index in [1.165, 1.54) is 0 Å². The molecule has 0 aromatic rings. The molecule has 5 nitrogen and oxygen atoms in total. The molecule has 1 fully saturated rings. The van der Waals surface area contributed by atoms with Crippen molar-refractivity contribution in [1.82, 2.24) is 5.32 Å². The highest BCUT2D eigenvalue weighted by Crippen LogP contribution is 2.18. The number of nitrogens with one attached hydrogen (secondary N) is 1. The summed E-state index contributed by atoms with van der Waals surface area (Å²) in [5.41, 5.74) is -1.01. The average Bonchev–Trinajstić information content (AvgIpc) is 2.09. The molecule has 1 rings (SSSR count). The number of amides is 1. The summed E-state index contributed by atoms with van der Waals surface area (Å²) in [6, 6.07) is -0.296. The summed E-state index contributed by atoms with van der Waals surface area (Å²) in [7, 11) is 0. The van der Waals surface area contributed by atoms with Gasteiger partial charge in [0, 0.05) is 6.61 Å². The molecular formula is C9H17NO4. The number of rotatable bonds is 2. The lowest BCUT2D eigenvalue weighted by atomic mass is 9.93. The maximum absolute atomic E-state index is 11.1. The lowest BCUT2D eigenvalue weighted by molar-refractivity contribution is -0.0939. The van der Waals surface area contributed by atoms with Crippen LogP contribution >= 0.6 is 0 Å². The molecule has 1 heterocycles. The van der Waals surface area contributed by atoms with Gasteiger partial charge >= 0.3 is 6.09 Å². The second-order valence-corrected chi connectivity index (χ2v) is 3.62. The van der Waals surface area contributed by atoms with Gasteiger partial charge < -0.3 is 19.9 Å². The first kappa shape index (κ1) is 11.3. The zero-order valence-corrected chi connectivity index (χ0v) is 8.58. The Bertz CT molecular complexity index is 205. The Balaban J connectivity index is 2.45. The molecule has 2 atom stereocenters. The molecule has 0 unspecified atom stereocenters. The number of aliphatic hydroxyl groups is 1. The fourth-order valence-corrected chi connectivity index (χ4v) is 1.43. The third kappa shape index (κ3) is 2.85. The van der Waals surface area contributed by atoms with Gasteiger partial charge in [0.1, 0.15) is 5.60 Å². The monoisotopic (exact) mass is 203 g/mol. The van der Waals surface area contributed by atoms with Gasteiger partial charge in [-0.2, -0.15) is 0 Å². The van der Waals surface area contributed by atoms with E-state index in [9.17, 15) is 9.90 Å². The van der Waals surface area contributed by atoms with E-state index in [0.29, 0.717) is 19.6 Å². The van der Waals surface area contributed by atoms with Crippen LogP contribution in [0.1, 0.15) is 20.3 Å². The lowest BCUT2D eigenvalue weighted by Crippen LogP contribution is -2.56. The predicted molar refractivity (Wildman–Crippen MR) is 50.0 cm³/mol. The Morgan fingerprint density at radius 2 is 2.50 bits per heavy atom. The van der Waals surface area contributed by atoms with E-state index in [-0.39, 0.29) is 12.6 Å². The molecule has 5 heteroatoms. The van der Waals surface area contributed by atoms with Gasteiger partial charge in [0.15, 0.2) is 0 Å². The van der Waals surface area contributed by atoms with Crippen molar-refractivity contribution >= 4 is 6.09 Å². The van der Waals surface area contributed by atoms with Crippen molar-refractivity contribution in [3.63, 3.8) is 0 Å². The molecule has 0 bridgehead atoms. The molecule has 1 aliphatic rings. The first-order valence-corrected chi connectivity index (χ1v) is 4.79. The van der Waals surface area contributed by atoms with Crippen LogP contribution in [-0.2, 0) is 9.47 Å². The lowest BCUT2D eigenvalue weighted by Gasteiger charge is -2.36. The van der Waals surface area contributed by atoms with Gasteiger partial charge in [0.2, 0.25) is 0 Å². The van der Waals surface area contributed by atoms with Crippen LogP contribution in [-0.4, -0.2) is 42.7 Å². The molecule has 1 aliphatic heterocycles. The van der Waals surface area contributed by atoms with E-state index < -0.39 is 11.7 Å². The Kier molecular flexibility index (Phi) is 3.71. The Morgan fingerprint density at radius 1 is 1.79 bits per heavy atom. The molecule has 1 amide bonds. The van der Waals surface area contributed by atoms with E-state index in [0.717, 1.165) is 0 Å². The zero-order valence-electron chi connectivity index (χ0n) is 8.58. The van der Waals surface area contributed by atoms with Crippen LogP contribution in [0.5, 0.6) is 0 Å². The first-order chi connectivity index (χ1) is 6.56. The van der Waals surface area contributed by atoms with E-state index in [4.69, 9.17) is 9.47 Å². The third-order valence-corrected chi connectivity index (χ3v) is 2.26. The number of carbonyl (C=O) groups is 1.